The molecule has 29 heavy (non-hydrogen) atoms. The molecule has 1 amide bonds. The second-order valence-corrected chi connectivity index (χ2v) is 7.27. The minimum absolute atomic E-state index is 0.0895. The molecule has 0 radical (unpaired) electrons. The Balaban J connectivity index is 1.51. The first-order chi connectivity index (χ1) is 14.0. The van der Waals surface area contributed by atoms with Crippen molar-refractivity contribution in [1.29, 1.82) is 0 Å². The van der Waals surface area contributed by atoms with Gasteiger partial charge in [0.2, 0.25) is 11.8 Å². The van der Waals surface area contributed by atoms with Gasteiger partial charge >= 0.3 is 5.97 Å². The molecule has 1 N–H and O–H groups in total. The SMILES string of the molecule is CCOC(=O)c1cccc(NC(=O)CSc2nnc(Cc3ccc(Cl)cc3)o2)c1. The summed E-state index contributed by atoms with van der Waals surface area (Å²) in [5, 5.41) is 11.6. The van der Waals surface area contributed by atoms with E-state index in [9.17, 15) is 9.59 Å². The lowest BCUT2D eigenvalue weighted by Gasteiger charge is -2.06. The van der Waals surface area contributed by atoms with Crippen LogP contribution in [0.4, 0.5) is 5.69 Å². The fraction of sp³-hybridized carbons (Fsp3) is 0.200. The highest BCUT2D eigenvalue weighted by Crippen LogP contribution is 2.19. The summed E-state index contributed by atoms with van der Waals surface area (Å²) in [5.41, 5.74) is 1.88. The van der Waals surface area contributed by atoms with Crippen LogP contribution >= 0.6 is 23.4 Å². The lowest BCUT2D eigenvalue weighted by atomic mass is 10.1. The number of rotatable bonds is 8. The summed E-state index contributed by atoms with van der Waals surface area (Å²) in [4.78, 5) is 23.9. The average molecular weight is 432 g/mol. The Hall–Kier alpha value is -2.84. The van der Waals surface area contributed by atoms with E-state index in [1.807, 2.05) is 12.1 Å². The molecule has 0 aliphatic carbocycles. The van der Waals surface area contributed by atoms with E-state index >= 15 is 0 Å². The lowest BCUT2D eigenvalue weighted by Crippen LogP contribution is -2.14. The number of amides is 1. The van der Waals surface area contributed by atoms with E-state index in [0.717, 1.165) is 17.3 Å². The number of anilines is 1. The number of halogens is 1. The predicted octanol–water partition coefficient (Wildman–Crippen LogP) is 4.22. The van der Waals surface area contributed by atoms with Crippen molar-refractivity contribution in [2.24, 2.45) is 0 Å². The van der Waals surface area contributed by atoms with E-state index in [-0.39, 0.29) is 18.3 Å². The van der Waals surface area contributed by atoms with Gasteiger partial charge in [0.05, 0.1) is 24.3 Å². The molecule has 1 heterocycles. The Bertz CT molecular complexity index is 991. The van der Waals surface area contributed by atoms with Crippen molar-refractivity contribution >= 4 is 40.9 Å². The summed E-state index contributed by atoms with van der Waals surface area (Å²) in [7, 11) is 0. The number of nitrogens with zero attached hydrogens (tertiary/aromatic N) is 2. The van der Waals surface area contributed by atoms with E-state index in [1.165, 1.54) is 0 Å². The molecule has 0 bridgehead atoms. The number of benzene rings is 2. The van der Waals surface area contributed by atoms with Gasteiger partial charge in [-0.15, -0.1) is 10.2 Å². The predicted molar refractivity (Wildman–Crippen MR) is 110 cm³/mol. The molecule has 9 heteroatoms. The number of hydrogen-bond donors (Lipinski definition) is 1. The van der Waals surface area contributed by atoms with Gasteiger partial charge in [-0.05, 0) is 42.8 Å². The van der Waals surface area contributed by atoms with Gasteiger partial charge in [0.1, 0.15) is 0 Å². The number of nitrogens with one attached hydrogen (secondary N) is 1. The number of hydrogen-bond acceptors (Lipinski definition) is 7. The first-order valence-corrected chi connectivity index (χ1v) is 10.2. The smallest absolute Gasteiger partial charge is 0.338 e. The lowest BCUT2D eigenvalue weighted by molar-refractivity contribution is -0.113. The van der Waals surface area contributed by atoms with Crippen molar-refractivity contribution in [3.8, 4) is 0 Å². The summed E-state index contributed by atoms with van der Waals surface area (Å²) in [5.74, 6) is -0.144. The Labute approximate surface area is 176 Å². The summed E-state index contributed by atoms with van der Waals surface area (Å²) < 4.78 is 10.5. The van der Waals surface area contributed by atoms with Crippen LogP contribution in [0.1, 0.15) is 28.7 Å². The highest BCUT2D eigenvalue weighted by molar-refractivity contribution is 7.99. The number of ether oxygens (including phenoxy) is 1. The molecule has 0 unspecified atom stereocenters. The second-order valence-electron chi connectivity index (χ2n) is 5.90. The number of carbonyl (C=O) groups is 2. The highest BCUT2D eigenvalue weighted by atomic mass is 35.5. The normalized spacial score (nSPS) is 10.6. The Kier molecular flexibility index (Phi) is 7.26. The molecule has 2 aromatic carbocycles. The Morgan fingerprint density at radius 3 is 2.72 bits per heavy atom. The van der Waals surface area contributed by atoms with Crippen molar-refractivity contribution < 1.29 is 18.7 Å². The molecule has 1 aromatic heterocycles. The summed E-state index contributed by atoms with van der Waals surface area (Å²) in [6.45, 7) is 2.02. The van der Waals surface area contributed by atoms with Crippen LogP contribution in [0.3, 0.4) is 0 Å². The molecule has 3 rings (SSSR count). The van der Waals surface area contributed by atoms with Crippen LogP contribution in [-0.2, 0) is 16.0 Å². The molecule has 0 aliphatic heterocycles. The second kappa shape index (κ2) is 10.1. The zero-order valence-electron chi connectivity index (χ0n) is 15.6. The Morgan fingerprint density at radius 2 is 1.97 bits per heavy atom. The van der Waals surface area contributed by atoms with E-state index < -0.39 is 5.97 Å². The molecule has 0 saturated carbocycles. The maximum absolute atomic E-state index is 12.2. The largest absolute Gasteiger partial charge is 0.462 e. The third-order valence-electron chi connectivity index (χ3n) is 3.70. The number of esters is 1. The van der Waals surface area contributed by atoms with E-state index in [0.29, 0.717) is 33.8 Å². The molecule has 7 nitrogen and oxygen atoms in total. The van der Waals surface area contributed by atoms with Crippen LogP contribution < -0.4 is 5.32 Å². The fourth-order valence-electron chi connectivity index (χ4n) is 2.41. The molecule has 0 spiro atoms. The number of thioether (sulfide) groups is 1. The van der Waals surface area contributed by atoms with Crippen LogP contribution in [0.15, 0.2) is 58.2 Å². The molecule has 0 atom stereocenters. The van der Waals surface area contributed by atoms with Crippen molar-refractivity contribution in [3.05, 3.63) is 70.6 Å². The molecule has 0 saturated heterocycles. The van der Waals surface area contributed by atoms with Gasteiger partial charge in [0.15, 0.2) is 0 Å². The minimum atomic E-state index is -0.433. The van der Waals surface area contributed by atoms with Gasteiger partial charge in [0, 0.05) is 10.7 Å². The maximum Gasteiger partial charge on any atom is 0.338 e. The van der Waals surface area contributed by atoms with Gasteiger partial charge < -0.3 is 14.5 Å². The van der Waals surface area contributed by atoms with Gasteiger partial charge in [-0.3, -0.25) is 4.79 Å². The third kappa shape index (κ3) is 6.33. The number of carbonyl (C=O) groups excluding carboxylic acids is 2. The quantitative estimate of drug-likeness (QED) is 0.421. The van der Waals surface area contributed by atoms with Crippen molar-refractivity contribution in [2.45, 2.75) is 18.6 Å². The molecular formula is C20H18ClN3O4S. The van der Waals surface area contributed by atoms with E-state index in [2.05, 4.69) is 15.5 Å². The van der Waals surface area contributed by atoms with Crippen molar-refractivity contribution in [3.63, 3.8) is 0 Å². The van der Waals surface area contributed by atoms with Gasteiger partial charge in [-0.1, -0.05) is 41.6 Å². The monoisotopic (exact) mass is 431 g/mol. The van der Waals surface area contributed by atoms with Crippen LogP contribution in [-0.4, -0.2) is 34.4 Å². The molecule has 3 aromatic rings. The molecule has 0 aliphatic rings. The zero-order chi connectivity index (χ0) is 20.6. The zero-order valence-corrected chi connectivity index (χ0v) is 17.1. The standard InChI is InChI=1S/C20H18ClN3O4S/c1-2-27-19(26)14-4-3-5-16(11-14)22-17(25)12-29-20-24-23-18(28-20)10-13-6-8-15(21)9-7-13/h3-9,11H,2,10,12H2,1H3,(H,22,25). The first kappa shape index (κ1) is 20.9. The number of aromatic nitrogens is 2. The summed E-state index contributed by atoms with van der Waals surface area (Å²) in [6, 6.07) is 13.9. The summed E-state index contributed by atoms with van der Waals surface area (Å²) in [6.07, 6.45) is 0.484. The van der Waals surface area contributed by atoms with Crippen LogP contribution in [0.25, 0.3) is 0 Å². The third-order valence-corrected chi connectivity index (χ3v) is 4.77. The maximum atomic E-state index is 12.2. The van der Waals surface area contributed by atoms with Crippen LogP contribution in [0.2, 0.25) is 5.02 Å². The van der Waals surface area contributed by atoms with E-state index in [1.54, 1.807) is 43.3 Å². The van der Waals surface area contributed by atoms with Crippen LogP contribution in [0.5, 0.6) is 0 Å². The van der Waals surface area contributed by atoms with Crippen molar-refractivity contribution in [1.82, 2.24) is 10.2 Å². The summed E-state index contributed by atoms with van der Waals surface area (Å²) >= 11 is 7.01. The highest BCUT2D eigenvalue weighted by Gasteiger charge is 2.12. The van der Waals surface area contributed by atoms with E-state index in [4.69, 9.17) is 20.8 Å². The topological polar surface area (TPSA) is 94.3 Å². The average Bonchev–Trinajstić information content (AvgIpc) is 3.16. The van der Waals surface area contributed by atoms with Gasteiger partial charge in [0.25, 0.3) is 5.22 Å². The van der Waals surface area contributed by atoms with Gasteiger partial charge in [-0.2, -0.15) is 0 Å². The van der Waals surface area contributed by atoms with Crippen LogP contribution in [0, 0.1) is 0 Å². The van der Waals surface area contributed by atoms with Crippen molar-refractivity contribution in [2.75, 3.05) is 17.7 Å². The molecular weight excluding hydrogens is 414 g/mol. The molecule has 150 valence electrons. The van der Waals surface area contributed by atoms with Gasteiger partial charge in [-0.25, -0.2) is 4.79 Å². The fourth-order valence-corrected chi connectivity index (χ4v) is 3.11. The Morgan fingerprint density at radius 1 is 1.17 bits per heavy atom. The minimum Gasteiger partial charge on any atom is -0.462 e. The molecule has 0 fully saturated rings. The first-order valence-electron chi connectivity index (χ1n) is 8.80.